The third kappa shape index (κ3) is 3.24. The monoisotopic (exact) mass is 342 g/mol. The average Bonchev–Trinajstić information content (AvgIpc) is 3.26. The van der Waals surface area contributed by atoms with Gasteiger partial charge in [0.1, 0.15) is 5.82 Å². The van der Waals surface area contributed by atoms with Crippen molar-refractivity contribution in [2.75, 3.05) is 25.0 Å². The van der Waals surface area contributed by atoms with E-state index in [0.717, 1.165) is 18.9 Å². The average molecular weight is 342 g/mol. The molecule has 0 unspecified atom stereocenters. The van der Waals surface area contributed by atoms with Gasteiger partial charge in [0.05, 0.1) is 25.3 Å². The zero-order chi connectivity index (χ0) is 16.4. The predicted octanol–water partition coefficient (Wildman–Crippen LogP) is 1.68. The standard InChI is InChI=1S/C16H18N6OS/c23-16(12-20-9-13(10-20)21-7-2-5-17-21)19-15-4-6-18-22(15)11-14-3-1-8-24-14/h1-8,13H,9-12H2,(H,19,23). The molecule has 0 bridgehead atoms. The molecule has 0 aliphatic carbocycles. The van der Waals surface area contributed by atoms with E-state index in [1.54, 1.807) is 23.7 Å². The molecule has 1 aliphatic heterocycles. The topological polar surface area (TPSA) is 68.0 Å². The third-order valence-electron chi connectivity index (χ3n) is 4.07. The van der Waals surface area contributed by atoms with E-state index in [1.165, 1.54) is 4.88 Å². The number of aromatic nitrogens is 4. The molecule has 0 atom stereocenters. The Kier molecular flexibility index (Phi) is 4.14. The van der Waals surface area contributed by atoms with Crippen molar-refractivity contribution in [1.29, 1.82) is 0 Å². The minimum absolute atomic E-state index is 0.0122. The molecule has 7 nitrogen and oxygen atoms in total. The maximum Gasteiger partial charge on any atom is 0.239 e. The van der Waals surface area contributed by atoms with Crippen LogP contribution in [0.15, 0.2) is 48.2 Å². The Hall–Kier alpha value is -2.45. The van der Waals surface area contributed by atoms with Crippen molar-refractivity contribution in [3.63, 3.8) is 0 Å². The van der Waals surface area contributed by atoms with Crippen LogP contribution in [0.2, 0.25) is 0 Å². The highest BCUT2D eigenvalue weighted by Gasteiger charge is 2.29. The van der Waals surface area contributed by atoms with Crippen molar-refractivity contribution >= 4 is 23.1 Å². The summed E-state index contributed by atoms with van der Waals surface area (Å²) < 4.78 is 3.76. The molecule has 1 aliphatic rings. The highest BCUT2D eigenvalue weighted by Crippen LogP contribution is 2.20. The van der Waals surface area contributed by atoms with Crippen LogP contribution in [0.25, 0.3) is 0 Å². The number of nitrogens with zero attached hydrogens (tertiary/aromatic N) is 5. The van der Waals surface area contributed by atoms with E-state index in [9.17, 15) is 4.79 Å². The summed E-state index contributed by atoms with van der Waals surface area (Å²) in [5.41, 5.74) is 0. The number of hydrogen-bond acceptors (Lipinski definition) is 5. The molecule has 1 saturated heterocycles. The normalized spacial score (nSPS) is 15.3. The van der Waals surface area contributed by atoms with E-state index in [1.807, 2.05) is 39.1 Å². The van der Waals surface area contributed by atoms with Gasteiger partial charge in [0.15, 0.2) is 0 Å². The number of thiophene rings is 1. The number of carbonyl (C=O) groups is 1. The van der Waals surface area contributed by atoms with E-state index >= 15 is 0 Å². The fourth-order valence-corrected chi connectivity index (χ4v) is 3.52. The van der Waals surface area contributed by atoms with Crippen LogP contribution in [-0.2, 0) is 11.3 Å². The summed E-state index contributed by atoms with van der Waals surface area (Å²) in [7, 11) is 0. The lowest BCUT2D eigenvalue weighted by Crippen LogP contribution is -2.50. The smallest absolute Gasteiger partial charge is 0.239 e. The molecule has 124 valence electrons. The van der Waals surface area contributed by atoms with Crippen molar-refractivity contribution in [2.24, 2.45) is 0 Å². The van der Waals surface area contributed by atoms with Gasteiger partial charge in [-0.3, -0.25) is 14.4 Å². The number of likely N-dealkylation sites (tertiary alicyclic amines) is 1. The minimum atomic E-state index is -0.0122. The molecular weight excluding hydrogens is 324 g/mol. The second kappa shape index (κ2) is 6.58. The van der Waals surface area contributed by atoms with Gasteiger partial charge in [0, 0.05) is 36.4 Å². The van der Waals surface area contributed by atoms with E-state index < -0.39 is 0 Å². The van der Waals surface area contributed by atoms with Gasteiger partial charge in [-0.2, -0.15) is 10.2 Å². The van der Waals surface area contributed by atoms with Gasteiger partial charge in [0.2, 0.25) is 5.91 Å². The number of nitrogens with one attached hydrogen (secondary N) is 1. The summed E-state index contributed by atoms with van der Waals surface area (Å²) in [5.74, 6) is 0.722. The lowest BCUT2D eigenvalue weighted by Gasteiger charge is -2.38. The van der Waals surface area contributed by atoms with Crippen molar-refractivity contribution in [2.45, 2.75) is 12.6 Å². The maximum absolute atomic E-state index is 12.2. The highest BCUT2D eigenvalue weighted by atomic mass is 32.1. The summed E-state index contributed by atoms with van der Waals surface area (Å²) in [6.07, 6.45) is 5.45. The first kappa shape index (κ1) is 15.1. The number of hydrogen-bond donors (Lipinski definition) is 1. The van der Waals surface area contributed by atoms with Crippen LogP contribution < -0.4 is 5.32 Å². The van der Waals surface area contributed by atoms with Crippen molar-refractivity contribution < 1.29 is 4.79 Å². The van der Waals surface area contributed by atoms with Crippen LogP contribution in [0.5, 0.6) is 0 Å². The summed E-state index contributed by atoms with van der Waals surface area (Å²) >= 11 is 1.68. The fourth-order valence-electron chi connectivity index (χ4n) is 2.84. The van der Waals surface area contributed by atoms with Crippen LogP contribution in [0.4, 0.5) is 5.82 Å². The summed E-state index contributed by atoms with van der Waals surface area (Å²) in [5, 5.41) is 13.5. The molecular formula is C16H18N6OS. The van der Waals surface area contributed by atoms with Crippen LogP contribution in [-0.4, -0.2) is 50.0 Å². The fraction of sp³-hybridized carbons (Fsp3) is 0.312. The molecule has 3 aromatic rings. The highest BCUT2D eigenvalue weighted by molar-refractivity contribution is 7.09. The lowest BCUT2D eigenvalue weighted by molar-refractivity contribution is -0.118. The van der Waals surface area contributed by atoms with Crippen LogP contribution in [0.1, 0.15) is 10.9 Å². The molecule has 0 aromatic carbocycles. The summed E-state index contributed by atoms with van der Waals surface area (Å²) in [6, 6.07) is 8.20. The second-order valence-electron chi connectivity index (χ2n) is 5.84. The van der Waals surface area contributed by atoms with Gasteiger partial charge in [0.25, 0.3) is 0 Å². The zero-order valence-electron chi connectivity index (χ0n) is 13.1. The minimum Gasteiger partial charge on any atom is -0.310 e. The maximum atomic E-state index is 12.2. The first-order chi connectivity index (χ1) is 11.8. The zero-order valence-corrected chi connectivity index (χ0v) is 13.9. The van der Waals surface area contributed by atoms with Crippen LogP contribution in [0, 0.1) is 0 Å². The predicted molar refractivity (Wildman–Crippen MR) is 92.0 cm³/mol. The van der Waals surface area contributed by atoms with Crippen molar-refractivity contribution in [3.05, 3.63) is 53.1 Å². The Morgan fingerprint density at radius 2 is 2.17 bits per heavy atom. The van der Waals surface area contributed by atoms with Crippen LogP contribution >= 0.6 is 11.3 Å². The Morgan fingerprint density at radius 3 is 2.92 bits per heavy atom. The van der Waals surface area contributed by atoms with Crippen LogP contribution in [0.3, 0.4) is 0 Å². The molecule has 24 heavy (non-hydrogen) atoms. The Morgan fingerprint density at radius 1 is 1.25 bits per heavy atom. The number of amides is 1. The molecule has 4 rings (SSSR count). The van der Waals surface area contributed by atoms with E-state index in [4.69, 9.17) is 0 Å². The molecule has 8 heteroatoms. The largest absolute Gasteiger partial charge is 0.310 e. The van der Waals surface area contributed by atoms with Gasteiger partial charge >= 0.3 is 0 Å². The Bertz CT molecular complexity index is 789. The molecule has 1 amide bonds. The van der Waals surface area contributed by atoms with Gasteiger partial charge in [-0.1, -0.05) is 6.07 Å². The SMILES string of the molecule is O=C(CN1CC(n2cccn2)C1)Nc1ccnn1Cc1cccs1. The van der Waals surface area contributed by atoms with E-state index in [2.05, 4.69) is 26.5 Å². The molecule has 0 saturated carbocycles. The third-order valence-corrected chi connectivity index (χ3v) is 4.93. The lowest BCUT2D eigenvalue weighted by atomic mass is 10.1. The first-order valence-electron chi connectivity index (χ1n) is 7.83. The van der Waals surface area contributed by atoms with Gasteiger partial charge in [-0.15, -0.1) is 11.3 Å². The summed E-state index contributed by atoms with van der Waals surface area (Å²) in [4.78, 5) is 15.6. The van der Waals surface area contributed by atoms with Crippen molar-refractivity contribution in [3.8, 4) is 0 Å². The molecule has 0 spiro atoms. The van der Waals surface area contributed by atoms with Crippen molar-refractivity contribution in [1.82, 2.24) is 24.5 Å². The first-order valence-corrected chi connectivity index (χ1v) is 8.71. The second-order valence-corrected chi connectivity index (χ2v) is 6.87. The van der Waals surface area contributed by atoms with Gasteiger partial charge in [-0.05, 0) is 17.5 Å². The number of anilines is 1. The molecule has 3 aromatic heterocycles. The summed E-state index contributed by atoms with van der Waals surface area (Å²) in [6.45, 7) is 2.76. The van der Waals surface area contributed by atoms with E-state index in [-0.39, 0.29) is 5.91 Å². The molecule has 0 radical (unpaired) electrons. The molecule has 1 fully saturated rings. The van der Waals surface area contributed by atoms with E-state index in [0.29, 0.717) is 19.1 Å². The molecule has 1 N–H and O–H groups in total. The number of rotatable bonds is 6. The molecule has 4 heterocycles. The van der Waals surface area contributed by atoms with Gasteiger partial charge < -0.3 is 5.32 Å². The Labute approximate surface area is 143 Å². The Balaban J connectivity index is 1.29. The number of carbonyl (C=O) groups excluding carboxylic acids is 1. The quantitative estimate of drug-likeness (QED) is 0.740. The van der Waals surface area contributed by atoms with Gasteiger partial charge in [-0.25, -0.2) is 4.68 Å².